The molecule has 4 nitrogen and oxygen atoms in total. The number of benzene rings is 1. The van der Waals surface area contributed by atoms with Gasteiger partial charge < -0.3 is 15.0 Å². The molecule has 18 heavy (non-hydrogen) atoms. The van der Waals surface area contributed by atoms with E-state index in [1.165, 1.54) is 0 Å². The molecule has 0 saturated carbocycles. The van der Waals surface area contributed by atoms with Crippen molar-refractivity contribution in [1.29, 1.82) is 0 Å². The van der Waals surface area contributed by atoms with Crippen molar-refractivity contribution in [3.8, 4) is 0 Å². The van der Waals surface area contributed by atoms with Crippen LogP contribution in [0.5, 0.6) is 0 Å². The maximum absolute atomic E-state index is 12.4. The van der Waals surface area contributed by atoms with Gasteiger partial charge in [-0.05, 0) is 37.1 Å². The van der Waals surface area contributed by atoms with Crippen LogP contribution < -0.4 is 5.32 Å². The van der Waals surface area contributed by atoms with E-state index in [1.54, 1.807) is 0 Å². The molecule has 2 rings (SSSR count). The molecule has 0 unspecified atom stereocenters. The third-order valence-electron chi connectivity index (χ3n) is 3.25. The van der Waals surface area contributed by atoms with Crippen molar-refractivity contribution in [1.82, 2.24) is 4.90 Å². The Balaban J connectivity index is 2.14. The largest absolute Gasteiger partial charge is 0.388 e. The standard InChI is InChI=1S/C14H20N2O2/c1-11-10-12(4-5-13(11)15-2)14(17)16-6-3-8-18-9-7-16/h4-5,10,15H,3,6-9H2,1-2H3. The summed E-state index contributed by atoms with van der Waals surface area (Å²) < 4.78 is 5.37. The Hall–Kier alpha value is -1.55. The Morgan fingerprint density at radius 3 is 2.89 bits per heavy atom. The average Bonchev–Trinajstić information content (AvgIpc) is 2.66. The van der Waals surface area contributed by atoms with E-state index in [1.807, 2.05) is 37.1 Å². The van der Waals surface area contributed by atoms with Crippen molar-refractivity contribution in [2.45, 2.75) is 13.3 Å². The molecule has 0 spiro atoms. The van der Waals surface area contributed by atoms with E-state index < -0.39 is 0 Å². The number of carbonyl (C=O) groups is 1. The lowest BCUT2D eigenvalue weighted by molar-refractivity contribution is 0.0741. The number of hydrogen-bond donors (Lipinski definition) is 1. The monoisotopic (exact) mass is 248 g/mol. The minimum Gasteiger partial charge on any atom is -0.388 e. The summed E-state index contributed by atoms with van der Waals surface area (Å²) in [4.78, 5) is 14.2. The average molecular weight is 248 g/mol. The predicted molar refractivity (Wildman–Crippen MR) is 72.1 cm³/mol. The van der Waals surface area contributed by atoms with Gasteiger partial charge in [0.1, 0.15) is 0 Å². The molecule has 1 heterocycles. The van der Waals surface area contributed by atoms with Gasteiger partial charge in [-0.15, -0.1) is 0 Å². The summed E-state index contributed by atoms with van der Waals surface area (Å²) >= 11 is 0. The number of hydrogen-bond acceptors (Lipinski definition) is 3. The highest BCUT2D eigenvalue weighted by molar-refractivity contribution is 5.95. The fraction of sp³-hybridized carbons (Fsp3) is 0.500. The van der Waals surface area contributed by atoms with Crippen molar-refractivity contribution >= 4 is 11.6 Å². The molecule has 0 bridgehead atoms. The molecule has 98 valence electrons. The van der Waals surface area contributed by atoms with Crippen molar-refractivity contribution < 1.29 is 9.53 Å². The van der Waals surface area contributed by atoms with Gasteiger partial charge >= 0.3 is 0 Å². The van der Waals surface area contributed by atoms with Gasteiger partial charge in [0.15, 0.2) is 0 Å². The lowest BCUT2D eigenvalue weighted by atomic mass is 10.1. The molecule has 0 atom stereocenters. The molecule has 1 aromatic rings. The Morgan fingerprint density at radius 1 is 1.33 bits per heavy atom. The number of nitrogens with one attached hydrogen (secondary N) is 1. The highest BCUT2D eigenvalue weighted by Gasteiger charge is 2.17. The summed E-state index contributed by atoms with van der Waals surface area (Å²) in [6.07, 6.45) is 0.916. The summed E-state index contributed by atoms with van der Waals surface area (Å²) in [6.45, 7) is 4.87. The fourth-order valence-corrected chi connectivity index (χ4v) is 2.21. The van der Waals surface area contributed by atoms with Gasteiger partial charge in [-0.3, -0.25) is 4.79 Å². The zero-order valence-corrected chi connectivity index (χ0v) is 11.0. The van der Waals surface area contributed by atoms with E-state index in [-0.39, 0.29) is 5.91 Å². The van der Waals surface area contributed by atoms with E-state index in [2.05, 4.69) is 5.32 Å². The van der Waals surface area contributed by atoms with E-state index >= 15 is 0 Å². The van der Waals surface area contributed by atoms with Crippen LogP contribution >= 0.6 is 0 Å². The molecule has 1 aliphatic heterocycles. The smallest absolute Gasteiger partial charge is 0.253 e. The number of anilines is 1. The minimum atomic E-state index is 0.103. The van der Waals surface area contributed by atoms with Crippen LogP contribution in [0.4, 0.5) is 5.69 Å². The number of carbonyl (C=O) groups excluding carboxylic acids is 1. The number of nitrogens with zero attached hydrogens (tertiary/aromatic N) is 1. The number of aryl methyl sites for hydroxylation is 1. The molecule has 4 heteroatoms. The van der Waals surface area contributed by atoms with E-state index in [4.69, 9.17) is 4.74 Å². The van der Waals surface area contributed by atoms with Crippen LogP contribution in [0.1, 0.15) is 22.3 Å². The summed E-state index contributed by atoms with van der Waals surface area (Å²) in [5.74, 6) is 0.103. The maximum Gasteiger partial charge on any atom is 0.253 e. The van der Waals surface area contributed by atoms with Crippen LogP contribution in [-0.4, -0.2) is 44.2 Å². The number of amides is 1. The first-order valence-corrected chi connectivity index (χ1v) is 6.38. The van der Waals surface area contributed by atoms with Crippen LogP contribution in [0, 0.1) is 6.92 Å². The minimum absolute atomic E-state index is 0.103. The normalized spacial score (nSPS) is 16.2. The van der Waals surface area contributed by atoms with Gasteiger partial charge in [0.2, 0.25) is 0 Å². The highest BCUT2D eigenvalue weighted by atomic mass is 16.5. The summed E-state index contributed by atoms with van der Waals surface area (Å²) in [7, 11) is 1.88. The zero-order valence-electron chi connectivity index (χ0n) is 11.0. The van der Waals surface area contributed by atoms with Gasteiger partial charge in [-0.2, -0.15) is 0 Å². The van der Waals surface area contributed by atoms with E-state index in [0.717, 1.165) is 36.4 Å². The van der Waals surface area contributed by atoms with Crippen molar-refractivity contribution in [2.75, 3.05) is 38.7 Å². The Bertz CT molecular complexity index is 424. The molecule has 0 aromatic heterocycles. The number of ether oxygens (including phenoxy) is 1. The van der Waals surface area contributed by atoms with Crippen LogP contribution in [0.3, 0.4) is 0 Å². The molecule has 1 amide bonds. The van der Waals surface area contributed by atoms with E-state index in [9.17, 15) is 4.79 Å². The molecule has 1 fully saturated rings. The number of rotatable bonds is 2. The van der Waals surface area contributed by atoms with Gasteiger partial charge in [-0.1, -0.05) is 0 Å². The summed E-state index contributed by atoms with van der Waals surface area (Å²) in [6, 6.07) is 5.78. The van der Waals surface area contributed by atoms with Gasteiger partial charge in [0.05, 0.1) is 6.61 Å². The maximum atomic E-state index is 12.4. The Morgan fingerprint density at radius 2 is 2.17 bits per heavy atom. The first-order valence-electron chi connectivity index (χ1n) is 6.38. The second-order valence-electron chi connectivity index (χ2n) is 4.54. The predicted octanol–water partition coefficient (Wildman–Crippen LogP) is 1.90. The van der Waals surface area contributed by atoms with E-state index in [0.29, 0.717) is 13.2 Å². The second kappa shape index (κ2) is 5.87. The van der Waals surface area contributed by atoms with Crippen molar-refractivity contribution in [2.24, 2.45) is 0 Å². The quantitative estimate of drug-likeness (QED) is 0.869. The topological polar surface area (TPSA) is 41.6 Å². The lowest BCUT2D eigenvalue weighted by Crippen LogP contribution is -2.33. The molecule has 1 aromatic carbocycles. The van der Waals surface area contributed by atoms with Crippen LogP contribution in [-0.2, 0) is 4.74 Å². The molecule has 0 radical (unpaired) electrons. The molecular formula is C14H20N2O2. The second-order valence-corrected chi connectivity index (χ2v) is 4.54. The summed E-state index contributed by atoms with van der Waals surface area (Å²) in [5, 5.41) is 3.11. The lowest BCUT2D eigenvalue weighted by Gasteiger charge is -2.20. The molecule has 1 N–H and O–H groups in total. The molecule has 0 aliphatic carbocycles. The molecule has 1 aliphatic rings. The Kier molecular flexibility index (Phi) is 4.20. The van der Waals surface area contributed by atoms with Gasteiger partial charge in [0.25, 0.3) is 5.91 Å². The third-order valence-corrected chi connectivity index (χ3v) is 3.25. The Labute approximate surface area is 108 Å². The van der Waals surface area contributed by atoms with Crippen molar-refractivity contribution in [3.05, 3.63) is 29.3 Å². The van der Waals surface area contributed by atoms with Gasteiger partial charge in [-0.25, -0.2) is 0 Å². The highest BCUT2D eigenvalue weighted by Crippen LogP contribution is 2.17. The van der Waals surface area contributed by atoms with Gasteiger partial charge in [0, 0.05) is 38.0 Å². The first kappa shape index (κ1) is 12.9. The SMILES string of the molecule is CNc1ccc(C(=O)N2CCCOCC2)cc1C. The zero-order chi connectivity index (χ0) is 13.0. The third kappa shape index (κ3) is 2.82. The first-order chi connectivity index (χ1) is 8.72. The molecular weight excluding hydrogens is 228 g/mol. The molecule has 1 saturated heterocycles. The van der Waals surface area contributed by atoms with Crippen molar-refractivity contribution in [3.63, 3.8) is 0 Å². The fourth-order valence-electron chi connectivity index (χ4n) is 2.21. The van der Waals surface area contributed by atoms with Crippen LogP contribution in [0.2, 0.25) is 0 Å². The van der Waals surface area contributed by atoms with Crippen LogP contribution in [0.15, 0.2) is 18.2 Å². The summed E-state index contributed by atoms with van der Waals surface area (Å²) in [5.41, 5.74) is 2.91. The van der Waals surface area contributed by atoms with Crippen LogP contribution in [0.25, 0.3) is 0 Å².